The highest BCUT2D eigenvalue weighted by molar-refractivity contribution is 7.98. The Hall–Kier alpha value is -2.48. The van der Waals surface area contributed by atoms with Crippen molar-refractivity contribution in [3.05, 3.63) is 94.5 Å². The molecule has 0 heterocycles. The van der Waals surface area contributed by atoms with E-state index in [2.05, 4.69) is 5.32 Å². The number of carbonyl (C=O) groups is 1. The first-order valence-corrected chi connectivity index (χ1v) is 14.0. The lowest BCUT2D eigenvalue weighted by Gasteiger charge is -2.26. The van der Waals surface area contributed by atoms with Crippen LogP contribution in [0.1, 0.15) is 23.1 Å². The molecule has 0 fully saturated rings. The molecule has 0 saturated carbocycles. The Morgan fingerprint density at radius 2 is 1.76 bits per heavy atom. The molecule has 0 saturated heterocycles. The van der Waals surface area contributed by atoms with Gasteiger partial charge in [-0.05, 0) is 73.0 Å². The van der Waals surface area contributed by atoms with Crippen molar-refractivity contribution in [2.75, 3.05) is 23.1 Å². The van der Waals surface area contributed by atoms with E-state index in [0.29, 0.717) is 12.2 Å². The fourth-order valence-corrected chi connectivity index (χ4v) is 6.03. The number of hydrogen-bond acceptors (Lipinski definition) is 4. The first-order valence-electron chi connectivity index (χ1n) is 11.0. The van der Waals surface area contributed by atoms with Crippen molar-refractivity contribution in [1.82, 2.24) is 5.32 Å². The lowest BCUT2D eigenvalue weighted by molar-refractivity contribution is -0.119. The Bertz CT molecular complexity index is 1220. The predicted molar refractivity (Wildman–Crippen MR) is 142 cm³/mol. The van der Waals surface area contributed by atoms with Gasteiger partial charge in [0, 0.05) is 17.3 Å². The number of hydrogen-bond donors (Lipinski definition) is 1. The molecule has 1 amide bonds. The van der Waals surface area contributed by atoms with Gasteiger partial charge in [-0.3, -0.25) is 9.10 Å². The summed E-state index contributed by atoms with van der Waals surface area (Å²) in [4.78, 5) is 12.9. The zero-order valence-corrected chi connectivity index (χ0v) is 21.7. The molecule has 0 aliphatic rings. The minimum atomic E-state index is -3.90. The van der Waals surface area contributed by atoms with Crippen LogP contribution in [0, 0.1) is 13.8 Å². The van der Waals surface area contributed by atoms with E-state index in [1.54, 1.807) is 48.2 Å². The van der Waals surface area contributed by atoms with Gasteiger partial charge in [0.15, 0.2) is 0 Å². The fourth-order valence-electron chi connectivity index (χ4n) is 3.41. The van der Waals surface area contributed by atoms with Crippen LogP contribution in [0.2, 0.25) is 5.02 Å². The van der Waals surface area contributed by atoms with Crippen LogP contribution in [0.5, 0.6) is 0 Å². The standard InChI is InChI=1S/C26H29ClN2O3S2/c1-20-12-13-21(2)25(16-20)29(34(31,32)24-10-4-3-5-11-24)18-26(30)28-14-7-15-33-19-22-8-6-9-23(27)17-22/h3-6,8-13,16-17H,7,14-15,18-19H2,1-2H3,(H,28,30). The molecular formula is C26H29ClN2O3S2. The van der Waals surface area contributed by atoms with E-state index < -0.39 is 10.0 Å². The first-order chi connectivity index (χ1) is 16.3. The van der Waals surface area contributed by atoms with Gasteiger partial charge in [-0.2, -0.15) is 11.8 Å². The average Bonchev–Trinajstić information content (AvgIpc) is 2.82. The molecule has 0 aliphatic heterocycles. The number of rotatable bonds is 11. The Balaban J connectivity index is 1.61. The van der Waals surface area contributed by atoms with Crippen LogP contribution in [-0.4, -0.2) is 33.2 Å². The molecule has 3 aromatic carbocycles. The summed E-state index contributed by atoms with van der Waals surface area (Å²) < 4.78 is 28.1. The number of aryl methyl sites for hydroxylation is 2. The molecule has 8 heteroatoms. The number of nitrogens with one attached hydrogen (secondary N) is 1. The van der Waals surface area contributed by atoms with Crippen molar-refractivity contribution < 1.29 is 13.2 Å². The van der Waals surface area contributed by atoms with Crippen molar-refractivity contribution in [1.29, 1.82) is 0 Å². The maximum atomic E-state index is 13.4. The maximum Gasteiger partial charge on any atom is 0.264 e. The molecule has 0 radical (unpaired) electrons. The number of halogens is 1. The van der Waals surface area contributed by atoms with E-state index in [9.17, 15) is 13.2 Å². The summed E-state index contributed by atoms with van der Waals surface area (Å²) in [6.07, 6.45) is 0.784. The summed E-state index contributed by atoms with van der Waals surface area (Å²) in [5.74, 6) is 1.39. The number of nitrogens with zero attached hydrogens (tertiary/aromatic N) is 1. The number of thioether (sulfide) groups is 1. The Morgan fingerprint density at radius 1 is 1.00 bits per heavy atom. The summed E-state index contributed by atoms with van der Waals surface area (Å²) in [6.45, 7) is 3.94. The van der Waals surface area contributed by atoms with Crippen molar-refractivity contribution in [3.63, 3.8) is 0 Å². The van der Waals surface area contributed by atoms with Gasteiger partial charge < -0.3 is 5.32 Å². The summed E-state index contributed by atoms with van der Waals surface area (Å²) in [5, 5.41) is 3.59. The van der Waals surface area contributed by atoms with Gasteiger partial charge in [0.1, 0.15) is 6.54 Å². The Labute approximate surface area is 211 Å². The SMILES string of the molecule is Cc1ccc(C)c(N(CC(=O)NCCCSCc2cccc(Cl)c2)S(=O)(=O)c2ccccc2)c1. The number of amides is 1. The average molecular weight is 517 g/mol. The Morgan fingerprint density at radius 3 is 2.50 bits per heavy atom. The second-order valence-electron chi connectivity index (χ2n) is 8.00. The molecule has 3 rings (SSSR count). The van der Waals surface area contributed by atoms with Crippen molar-refractivity contribution in [2.24, 2.45) is 0 Å². The quantitative estimate of drug-likeness (QED) is 0.337. The summed E-state index contributed by atoms with van der Waals surface area (Å²) in [6, 6.07) is 21.6. The third kappa shape index (κ3) is 7.26. The zero-order chi connectivity index (χ0) is 24.6. The van der Waals surface area contributed by atoms with Crippen LogP contribution in [0.25, 0.3) is 0 Å². The highest BCUT2D eigenvalue weighted by atomic mass is 35.5. The highest BCUT2D eigenvalue weighted by Crippen LogP contribution is 2.27. The number of benzene rings is 3. The molecule has 5 nitrogen and oxygen atoms in total. The molecule has 0 aliphatic carbocycles. The van der Waals surface area contributed by atoms with Crippen molar-refractivity contribution in [3.8, 4) is 0 Å². The van der Waals surface area contributed by atoms with Crippen LogP contribution in [-0.2, 0) is 20.6 Å². The molecule has 34 heavy (non-hydrogen) atoms. The molecular weight excluding hydrogens is 488 g/mol. The molecule has 0 atom stereocenters. The lowest BCUT2D eigenvalue weighted by atomic mass is 10.1. The monoisotopic (exact) mass is 516 g/mol. The van der Waals surface area contributed by atoms with Crippen LogP contribution in [0.3, 0.4) is 0 Å². The van der Waals surface area contributed by atoms with Gasteiger partial charge in [0.05, 0.1) is 10.6 Å². The lowest BCUT2D eigenvalue weighted by Crippen LogP contribution is -2.41. The van der Waals surface area contributed by atoms with E-state index >= 15 is 0 Å². The predicted octanol–water partition coefficient (Wildman–Crippen LogP) is 5.59. The Kier molecular flexibility index (Phi) is 9.45. The second kappa shape index (κ2) is 12.3. The minimum absolute atomic E-state index is 0.154. The van der Waals surface area contributed by atoms with E-state index in [0.717, 1.165) is 39.6 Å². The van der Waals surface area contributed by atoms with Crippen molar-refractivity contribution >= 4 is 45.0 Å². The number of carbonyl (C=O) groups excluding carboxylic acids is 1. The van der Waals surface area contributed by atoms with Gasteiger partial charge >= 0.3 is 0 Å². The van der Waals surface area contributed by atoms with Crippen LogP contribution in [0.4, 0.5) is 5.69 Å². The van der Waals surface area contributed by atoms with E-state index in [1.165, 1.54) is 4.31 Å². The minimum Gasteiger partial charge on any atom is -0.354 e. The summed E-state index contributed by atoms with van der Waals surface area (Å²) in [5.41, 5.74) is 3.38. The topological polar surface area (TPSA) is 66.5 Å². The number of sulfonamides is 1. The summed E-state index contributed by atoms with van der Waals surface area (Å²) in [7, 11) is -3.90. The van der Waals surface area contributed by atoms with Gasteiger partial charge in [-0.15, -0.1) is 0 Å². The van der Waals surface area contributed by atoms with Crippen LogP contribution in [0.15, 0.2) is 77.7 Å². The number of anilines is 1. The highest BCUT2D eigenvalue weighted by Gasteiger charge is 2.28. The third-order valence-electron chi connectivity index (χ3n) is 5.20. The van der Waals surface area contributed by atoms with E-state index in [4.69, 9.17) is 11.6 Å². The second-order valence-corrected chi connectivity index (χ2v) is 11.4. The van der Waals surface area contributed by atoms with Gasteiger partial charge in [-0.1, -0.05) is 54.1 Å². The molecule has 0 unspecified atom stereocenters. The molecule has 180 valence electrons. The van der Waals surface area contributed by atoms with E-state index in [1.807, 2.05) is 50.2 Å². The zero-order valence-electron chi connectivity index (χ0n) is 19.3. The smallest absolute Gasteiger partial charge is 0.264 e. The maximum absolute atomic E-state index is 13.4. The molecule has 0 bridgehead atoms. The fraction of sp³-hybridized carbons (Fsp3) is 0.269. The first kappa shape index (κ1) is 26.1. The van der Waals surface area contributed by atoms with E-state index in [-0.39, 0.29) is 17.3 Å². The summed E-state index contributed by atoms with van der Waals surface area (Å²) >= 11 is 7.78. The van der Waals surface area contributed by atoms with Crippen LogP contribution < -0.4 is 9.62 Å². The molecule has 1 N–H and O–H groups in total. The van der Waals surface area contributed by atoms with Gasteiger partial charge in [0.25, 0.3) is 10.0 Å². The normalized spacial score (nSPS) is 11.3. The van der Waals surface area contributed by atoms with Gasteiger partial charge in [-0.25, -0.2) is 8.42 Å². The molecule has 3 aromatic rings. The molecule has 0 spiro atoms. The largest absolute Gasteiger partial charge is 0.354 e. The van der Waals surface area contributed by atoms with Crippen LogP contribution >= 0.6 is 23.4 Å². The third-order valence-corrected chi connectivity index (χ3v) is 8.32. The molecule has 0 aromatic heterocycles. The van der Waals surface area contributed by atoms with Crippen molar-refractivity contribution in [2.45, 2.75) is 30.9 Å². The van der Waals surface area contributed by atoms with Gasteiger partial charge in [0.2, 0.25) is 5.91 Å².